The molecule has 3 heteroatoms. The highest BCUT2D eigenvalue weighted by molar-refractivity contribution is 9.10. The van der Waals surface area contributed by atoms with Crippen molar-refractivity contribution in [2.24, 2.45) is 5.73 Å². The molecule has 0 aliphatic carbocycles. The van der Waals surface area contributed by atoms with Crippen molar-refractivity contribution >= 4 is 15.9 Å². The molecule has 1 saturated heterocycles. The van der Waals surface area contributed by atoms with E-state index in [-0.39, 0.29) is 6.04 Å². The topological polar surface area (TPSA) is 35.2 Å². The number of nitrogens with two attached hydrogens (primary N) is 1. The number of ether oxygens (including phenoxy) is 1. The van der Waals surface area contributed by atoms with Gasteiger partial charge in [-0.15, -0.1) is 0 Å². The largest absolute Gasteiger partial charge is 0.378 e. The average molecular weight is 284 g/mol. The first-order chi connectivity index (χ1) is 7.75. The SMILES string of the molecule is NC(CCC1CCCO1)c1ccc(Br)cc1. The Morgan fingerprint density at radius 3 is 2.75 bits per heavy atom. The molecule has 1 aliphatic heterocycles. The van der Waals surface area contributed by atoms with Crippen LogP contribution < -0.4 is 5.73 Å². The molecule has 2 unspecified atom stereocenters. The molecule has 0 bridgehead atoms. The molecule has 2 nitrogen and oxygen atoms in total. The van der Waals surface area contributed by atoms with Crippen LogP contribution in [0.4, 0.5) is 0 Å². The van der Waals surface area contributed by atoms with Gasteiger partial charge in [0.05, 0.1) is 6.10 Å². The zero-order chi connectivity index (χ0) is 11.4. The molecule has 1 aliphatic rings. The Labute approximate surface area is 105 Å². The van der Waals surface area contributed by atoms with Crippen LogP contribution in [0, 0.1) is 0 Å². The third kappa shape index (κ3) is 3.30. The molecule has 0 aromatic heterocycles. The van der Waals surface area contributed by atoms with E-state index >= 15 is 0 Å². The fourth-order valence-electron chi connectivity index (χ4n) is 2.11. The predicted octanol–water partition coefficient (Wildman–Crippen LogP) is 3.41. The van der Waals surface area contributed by atoms with Gasteiger partial charge < -0.3 is 10.5 Å². The van der Waals surface area contributed by atoms with Gasteiger partial charge in [-0.1, -0.05) is 28.1 Å². The molecule has 2 atom stereocenters. The van der Waals surface area contributed by atoms with Gasteiger partial charge in [0.15, 0.2) is 0 Å². The maximum atomic E-state index is 6.15. The summed E-state index contributed by atoms with van der Waals surface area (Å²) in [6.07, 6.45) is 4.94. The molecule has 16 heavy (non-hydrogen) atoms. The van der Waals surface area contributed by atoms with Gasteiger partial charge >= 0.3 is 0 Å². The maximum absolute atomic E-state index is 6.15. The lowest BCUT2D eigenvalue weighted by Gasteiger charge is -2.15. The molecular weight excluding hydrogens is 266 g/mol. The van der Waals surface area contributed by atoms with Gasteiger partial charge in [0.25, 0.3) is 0 Å². The van der Waals surface area contributed by atoms with E-state index in [0.717, 1.165) is 23.9 Å². The van der Waals surface area contributed by atoms with E-state index < -0.39 is 0 Å². The molecule has 2 rings (SSSR count). The van der Waals surface area contributed by atoms with E-state index in [1.54, 1.807) is 0 Å². The summed E-state index contributed by atoms with van der Waals surface area (Å²) in [6, 6.07) is 8.40. The molecular formula is C13H18BrNO. The molecule has 0 saturated carbocycles. The molecule has 0 amide bonds. The first kappa shape index (κ1) is 12.1. The van der Waals surface area contributed by atoms with Gasteiger partial charge in [-0.3, -0.25) is 0 Å². The van der Waals surface area contributed by atoms with Crippen LogP contribution in [-0.2, 0) is 4.74 Å². The number of benzene rings is 1. The van der Waals surface area contributed by atoms with Crippen LogP contribution in [0.15, 0.2) is 28.7 Å². The van der Waals surface area contributed by atoms with Gasteiger partial charge in [0.1, 0.15) is 0 Å². The Hall–Kier alpha value is -0.380. The fraction of sp³-hybridized carbons (Fsp3) is 0.538. The Balaban J connectivity index is 1.82. The lowest BCUT2D eigenvalue weighted by atomic mass is 10.0. The average Bonchev–Trinajstić information content (AvgIpc) is 2.80. The van der Waals surface area contributed by atoms with Crippen LogP contribution in [0.5, 0.6) is 0 Å². The molecule has 1 heterocycles. The second-order valence-electron chi connectivity index (χ2n) is 4.37. The van der Waals surface area contributed by atoms with Crippen molar-refractivity contribution in [1.29, 1.82) is 0 Å². The molecule has 88 valence electrons. The predicted molar refractivity (Wildman–Crippen MR) is 69.3 cm³/mol. The molecule has 2 N–H and O–H groups in total. The Kier molecular flexibility index (Phi) is 4.38. The van der Waals surface area contributed by atoms with Gasteiger partial charge in [-0.05, 0) is 43.4 Å². The minimum atomic E-state index is 0.136. The Morgan fingerprint density at radius 1 is 1.38 bits per heavy atom. The molecule has 0 spiro atoms. The minimum Gasteiger partial charge on any atom is -0.378 e. The van der Waals surface area contributed by atoms with Gasteiger partial charge in [0, 0.05) is 17.1 Å². The van der Waals surface area contributed by atoms with Crippen LogP contribution >= 0.6 is 15.9 Å². The summed E-state index contributed by atoms with van der Waals surface area (Å²) in [4.78, 5) is 0. The fourth-order valence-corrected chi connectivity index (χ4v) is 2.38. The van der Waals surface area contributed by atoms with Gasteiger partial charge in [-0.25, -0.2) is 0 Å². The van der Waals surface area contributed by atoms with Crippen LogP contribution in [0.3, 0.4) is 0 Å². The maximum Gasteiger partial charge on any atom is 0.0576 e. The first-order valence-electron chi connectivity index (χ1n) is 5.88. The second kappa shape index (κ2) is 5.80. The second-order valence-corrected chi connectivity index (χ2v) is 5.29. The summed E-state index contributed by atoms with van der Waals surface area (Å²) in [5, 5.41) is 0. The summed E-state index contributed by atoms with van der Waals surface area (Å²) in [6.45, 7) is 0.929. The standard InChI is InChI=1S/C13H18BrNO/c14-11-5-3-10(4-6-11)13(15)8-7-12-2-1-9-16-12/h3-6,12-13H,1-2,7-9,15H2. The summed E-state index contributed by atoms with van der Waals surface area (Å²) in [5.74, 6) is 0. The highest BCUT2D eigenvalue weighted by Crippen LogP contribution is 2.23. The quantitative estimate of drug-likeness (QED) is 0.919. The zero-order valence-electron chi connectivity index (χ0n) is 9.36. The number of halogens is 1. The summed E-state index contributed by atoms with van der Waals surface area (Å²) in [5.41, 5.74) is 7.36. The Morgan fingerprint density at radius 2 is 2.12 bits per heavy atom. The van der Waals surface area contributed by atoms with E-state index in [0.29, 0.717) is 6.10 Å². The minimum absolute atomic E-state index is 0.136. The zero-order valence-corrected chi connectivity index (χ0v) is 10.9. The molecule has 1 fully saturated rings. The molecule has 0 radical (unpaired) electrons. The van der Waals surface area contributed by atoms with Crippen molar-refractivity contribution in [1.82, 2.24) is 0 Å². The monoisotopic (exact) mass is 283 g/mol. The molecule has 1 aromatic carbocycles. The van der Waals surface area contributed by atoms with Crippen molar-refractivity contribution in [3.05, 3.63) is 34.3 Å². The van der Waals surface area contributed by atoms with E-state index in [2.05, 4.69) is 28.1 Å². The number of hydrogen-bond donors (Lipinski definition) is 1. The lowest BCUT2D eigenvalue weighted by molar-refractivity contribution is 0.101. The van der Waals surface area contributed by atoms with Crippen LogP contribution in [-0.4, -0.2) is 12.7 Å². The number of rotatable bonds is 4. The van der Waals surface area contributed by atoms with Crippen molar-refractivity contribution < 1.29 is 4.74 Å². The summed E-state index contributed by atoms with van der Waals surface area (Å²) in [7, 11) is 0. The van der Waals surface area contributed by atoms with E-state index in [1.165, 1.54) is 18.4 Å². The molecule has 1 aromatic rings. The van der Waals surface area contributed by atoms with E-state index in [1.807, 2.05) is 12.1 Å². The third-order valence-corrected chi connectivity index (χ3v) is 3.65. The normalized spacial score (nSPS) is 22.2. The van der Waals surface area contributed by atoms with E-state index in [4.69, 9.17) is 10.5 Å². The highest BCUT2D eigenvalue weighted by atomic mass is 79.9. The van der Waals surface area contributed by atoms with Crippen molar-refractivity contribution in [2.75, 3.05) is 6.61 Å². The number of hydrogen-bond acceptors (Lipinski definition) is 2. The Bertz CT molecular complexity index is 319. The van der Waals surface area contributed by atoms with Crippen LogP contribution in [0.25, 0.3) is 0 Å². The van der Waals surface area contributed by atoms with Crippen LogP contribution in [0.1, 0.15) is 37.3 Å². The third-order valence-electron chi connectivity index (χ3n) is 3.12. The van der Waals surface area contributed by atoms with Crippen molar-refractivity contribution in [2.45, 2.75) is 37.8 Å². The van der Waals surface area contributed by atoms with Crippen molar-refractivity contribution in [3.8, 4) is 0 Å². The van der Waals surface area contributed by atoms with Gasteiger partial charge in [-0.2, -0.15) is 0 Å². The summed E-state index contributed by atoms with van der Waals surface area (Å²) >= 11 is 3.43. The summed E-state index contributed by atoms with van der Waals surface area (Å²) < 4.78 is 6.69. The first-order valence-corrected chi connectivity index (χ1v) is 6.67. The smallest absolute Gasteiger partial charge is 0.0576 e. The van der Waals surface area contributed by atoms with Crippen LogP contribution in [0.2, 0.25) is 0 Å². The van der Waals surface area contributed by atoms with Crippen molar-refractivity contribution in [3.63, 3.8) is 0 Å². The van der Waals surface area contributed by atoms with Gasteiger partial charge in [0.2, 0.25) is 0 Å². The highest BCUT2D eigenvalue weighted by Gasteiger charge is 2.16. The van der Waals surface area contributed by atoms with E-state index in [9.17, 15) is 0 Å². The lowest BCUT2D eigenvalue weighted by Crippen LogP contribution is -2.14.